The van der Waals surface area contributed by atoms with Crippen LogP contribution in [0, 0.1) is 0 Å². The van der Waals surface area contributed by atoms with Crippen LogP contribution < -0.4 is 5.32 Å². The molecule has 0 aliphatic carbocycles. The van der Waals surface area contributed by atoms with Crippen LogP contribution in [0.4, 0.5) is 5.69 Å². The second kappa shape index (κ2) is 7.17. The van der Waals surface area contributed by atoms with Crippen molar-refractivity contribution in [2.45, 2.75) is 25.1 Å². The van der Waals surface area contributed by atoms with Gasteiger partial charge in [0, 0.05) is 29.9 Å². The lowest BCUT2D eigenvalue weighted by molar-refractivity contribution is 0.476. The van der Waals surface area contributed by atoms with Crippen LogP contribution in [0.5, 0.6) is 0 Å². The van der Waals surface area contributed by atoms with Crippen molar-refractivity contribution in [1.29, 1.82) is 0 Å². The van der Waals surface area contributed by atoms with Gasteiger partial charge < -0.3 is 5.32 Å². The first-order valence-electron chi connectivity index (χ1n) is 7.44. The van der Waals surface area contributed by atoms with E-state index in [-0.39, 0.29) is 5.75 Å². The predicted octanol–water partition coefficient (Wildman–Crippen LogP) is 3.33. The molecule has 23 heavy (non-hydrogen) atoms. The van der Waals surface area contributed by atoms with Crippen molar-refractivity contribution in [1.82, 2.24) is 9.29 Å². The molecule has 1 aromatic carbocycles. The predicted molar refractivity (Wildman–Crippen MR) is 94.3 cm³/mol. The van der Waals surface area contributed by atoms with Gasteiger partial charge >= 0.3 is 0 Å². The van der Waals surface area contributed by atoms with E-state index in [0.29, 0.717) is 24.1 Å². The summed E-state index contributed by atoms with van der Waals surface area (Å²) in [5.41, 5.74) is 1.75. The minimum Gasteiger partial charge on any atom is -0.380 e. The van der Waals surface area contributed by atoms with Crippen LogP contribution in [0.15, 0.2) is 30.5 Å². The number of nitrogens with one attached hydrogen (secondary N) is 1. The number of thiazole rings is 1. The molecule has 5 nitrogen and oxygen atoms in total. The number of benzene rings is 1. The number of sulfonamides is 1. The number of rotatable bonds is 6. The lowest BCUT2D eigenvalue weighted by Crippen LogP contribution is -2.29. The zero-order valence-corrected chi connectivity index (χ0v) is 14.9. The molecule has 2 heterocycles. The Morgan fingerprint density at radius 2 is 1.91 bits per heavy atom. The van der Waals surface area contributed by atoms with E-state index in [0.717, 1.165) is 29.0 Å². The van der Waals surface area contributed by atoms with Crippen LogP contribution in [0.2, 0.25) is 4.47 Å². The van der Waals surface area contributed by atoms with E-state index >= 15 is 0 Å². The number of anilines is 1. The van der Waals surface area contributed by atoms with Gasteiger partial charge in [-0.05, 0) is 30.5 Å². The summed E-state index contributed by atoms with van der Waals surface area (Å²) >= 11 is 7.24. The highest BCUT2D eigenvalue weighted by molar-refractivity contribution is 7.88. The lowest BCUT2D eigenvalue weighted by atomic mass is 10.2. The molecule has 1 N–H and O–H groups in total. The summed E-state index contributed by atoms with van der Waals surface area (Å²) < 4.78 is 26.7. The lowest BCUT2D eigenvalue weighted by Gasteiger charge is -2.15. The number of aromatic nitrogens is 1. The first-order chi connectivity index (χ1) is 11.0. The van der Waals surface area contributed by atoms with Crippen molar-refractivity contribution >= 4 is 38.6 Å². The van der Waals surface area contributed by atoms with E-state index in [1.807, 2.05) is 24.3 Å². The minimum atomic E-state index is -3.19. The molecule has 0 atom stereocenters. The monoisotopic (exact) mass is 371 g/mol. The molecule has 0 radical (unpaired) electrons. The van der Waals surface area contributed by atoms with Crippen LogP contribution in [0.3, 0.4) is 0 Å². The van der Waals surface area contributed by atoms with Crippen molar-refractivity contribution < 1.29 is 8.42 Å². The summed E-state index contributed by atoms with van der Waals surface area (Å²) in [7, 11) is -3.19. The molecule has 0 amide bonds. The molecule has 1 fully saturated rings. The largest absolute Gasteiger partial charge is 0.380 e. The molecule has 1 saturated heterocycles. The van der Waals surface area contributed by atoms with Gasteiger partial charge in [0.25, 0.3) is 0 Å². The Bertz CT molecular complexity index is 753. The van der Waals surface area contributed by atoms with Crippen molar-refractivity contribution in [3.05, 3.63) is 45.4 Å². The summed E-state index contributed by atoms with van der Waals surface area (Å²) in [5, 5.41) is 3.27. The summed E-state index contributed by atoms with van der Waals surface area (Å²) in [5.74, 6) is 0.0672. The highest BCUT2D eigenvalue weighted by atomic mass is 35.5. The van der Waals surface area contributed by atoms with E-state index in [1.54, 1.807) is 10.5 Å². The number of hydrogen-bond donors (Lipinski definition) is 1. The third kappa shape index (κ3) is 4.44. The number of nitrogens with zero attached hydrogens (tertiary/aromatic N) is 2. The SMILES string of the molecule is O=S(=O)(Cc1ccc(NCc2cnc(Cl)s2)cc1)N1CCCC1. The molecule has 1 aliphatic heterocycles. The molecular formula is C15H18ClN3O2S2. The van der Waals surface area contributed by atoms with Gasteiger partial charge in [0.1, 0.15) is 0 Å². The van der Waals surface area contributed by atoms with Gasteiger partial charge in [-0.1, -0.05) is 23.7 Å². The first-order valence-corrected chi connectivity index (χ1v) is 10.2. The van der Waals surface area contributed by atoms with Gasteiger partial charge in [0.15, 0.2) is 4.47 Å². The smallest absolute Gasteiger partial charge is 0.218 e. The van der Waals surface area contributed by atoms with E-state index in [1.165, 1.54) is 11.3 Å². The summed E-state index contributed by atoms with van der Waals surface area (Å²) in [6, 6.07) is 7.51. The summed E-state index contributed by atoms with van der Waals surface area (Å²) in [6.07, 6.45) is 3.67. The fourth-order valence-electron chi connectivity index (χ4n) is 2.54. The van der Waals surface area contributed by atoms with Crippen LogP contribution in [0.25, 0.3) is 0 Å². The summed E-state index contributed by atoms with van der Waals surface area (Å²) in [4.78, 5) is 5.05. The molecule has 1 aromatic heterocycles. The number of hydrogen-bond acceptors (Lipinski definition) is 5. The quantitative estimate of drug-likeness (QED) is 0.845. The average molecular weight is 372 g/mol. The maximum absolute atomic E-state index is 12.3. The van der Waals surface area contributed by atoms with Gasteiger partial charge in [-0.2, -0.15) is 0 Å². The molecule has 0 unspecified atom stereocenters. The van der Waals surface area contributed by atoms with Crippen LogP contribution in [-0.2, 0) is 22.3 Å². The highest BCUT2D eigenvalue weighted by Crippen LogP contribution is 2.21. The molecule has 124 valence electrons. The maximum Gasteiger partial charge on any atom is 0.218 e. The minimum absolute atomic E-state index is 0.0672. The van der Waals surface area contributed by atoms with Gasteiger partial charge in [0.05, 0.1) is 12.3 Å². The van der Waals surface area contributed by atoms with Crippen LogP contribution in [0.1, 0.15) is 23.3 Å². The van der Waals surface area contributed by atoms with Crippen LogP contribution >= 0.6 is 22.9 Å². The number of halogens is 1. The van der Waals surface area contributed by atoms with Crippen molar-refractivity contribution in [3.63, 3.8) is 0 Å². The third-order valence-corrected chi connectivity index (χ3v) is 6.72. The van der Waals surface area contributed by atoms with Crippen molar-refractivity contribution in [2.75, 3.05) is 18.4 Å². The topological polar surface area (TPSA) is 62.3 Å². The average Bonchev–Trinajstić information content (AvgIpc) is 3.18. The van der Waals surface area contributed by atoms with E-state index in [4.69, 9.17) is 11.6 Å². The fraction of sp³-hybridized carbons (Fsp3) is 0.400. The normalized spacial score (nSPS) is 15.9. The Kier molecular flexibility index (Phi) is 5.21. The van der Waals surface area contributed by atoms with E-state index in [9.17, 15) is 8.42 Å². The first kappa shape index (κ1) is 16.7. The van der Waals surface area contributed by atoms with Gasteiger partial charge in [-0.25, -0.2) is 17.7 Å². The second-order valence-electron chi connectivity index (χ2n) is 5.49. The Labute approximate surface area is 145 Å². The van der Waals surface area contributed by atoms with E-state index in [2.05, 4.69) is 10.3 Å². The molecule has 8 heteroatoms. The Hall–Kier alpha value is -1.15. The van der Waals surface area contributed by atoms with E-state index < -0.39 is 10.0 Å². The molecule has 2 aromatic rings. The van der Waals surface area contributed by atoms with Crippen LogP contribution in [-0.4, -0.2) is 30.8 Å². The molecule has 3 rings (SSSR count). The van der Waals surface area contributed by atoms with Gasteiger partial charge in [-0.3, -0.25) is 0 Å². The van der Waals surface area contributed by atoms with Crippen molar-refractivity contribution in [3.8, 4) is 0 Å². The summed E-state index contributed by atoms with van der Waals surface area (Å²) in [6.45, 7) is 1.95. The molecule has 0 spiro atoms. The Morgan fingerprint density at radius 3 is 2.52 bits per heavy atom. The third-order valence-electron chi connectivity index (χ3n) is 3.75. The molecule has 1 aliphatic rings. The second-order valence-corrected chi connectivity index (χ2v) is 9.16. The van der Waals surface area contributed by atoms with Crippen molar-refractivity contribution in [2.24, 2.45) is 0 Å². The maximum atomic E-state index is 12.3. The zero-order chi connectivity index (χ0) is 16.3. The fourth-order valence-corrected chi connectivity index (χ4v) is 5.07. The Balaban J connectivity index is 1.58. The standard InChI is InChI=1S/C15H18ClN3O2S2/c16-15-18-10-14(22-15)9-17-13-5-3-12(4-6-13)11-23(20,21)19-7-1-2-8-19/h3-6,10,17H,1-2,7-9,11H2. The van der Waals surface area contributed by atoms with Gasteiger partial charge in [0.2, 0.25) is 10.0 Å². The molecular weight excluding hydrogens is 354 g/mol. The highest BCUT2D eigenvalue weighted by Gasteiger charge is 2.25. The van der Waals surface area contributed by atoms with Gasteiger partial charge in [-0.15, -0.1) is 11.3 Å². The zero-order valence-electron chi connectivity index (χ0n) is 12.5. The molecule has 0 saturated carbocycles. The molecule has 0 bridgehead atoms. The Morgan fingerprint density at radius 1 is 1.22 bits per heavy atom.